The number of thioether (sulfide) groups is 1. The van der Waals surface area contributed by atoms with Crippen molar-refractivity contribution in [1.82, 2.24) is 9.97 Å². The first-order valence-corrected chi connectivity index (χ1v) is 6.14. The van der Waals surface area contributed by atoms with Crippen LogP contribution in [0.5, 0.6) is 0 Å². The van der Waals surface area contributed by atoms with E-state index >= 15 is 0 Å². The summed E-state index contributed by atoms with van der Waals surface area (Å²) in [6.07, 6.45) is 0.708. The SMILES string of the molecule is CCC(OC)c1nc2c(c(=O)[nH]1)CSC2. The van der Waals surface area contributed by atoms with Gasteiger partial charge in [-0.3, -0.25) is 4.79 Å². The molecular weight excluding hydrogens is 212 g/mol. The zero-order chi connectivity index (χ0) is 10.8. The summed E-state index contributed by atoms with van der Waals surface area (Å²) in [5, 5.41) is 0. The fourth-order valence-electron chi connectivity index (χ4n) is 1.71. The molecular formula is C10H14N2O2S. The number of nitrogens with zero attached hydrogens (tertiary/aromatic N) is 1. The highest BCUT2D eigenvalue weighted by Gasteiger charge is 2.20. The monoisotopic (exact) mass is 226 g/mol. The van der Waals surface area contributed by atoms with Gasteiger partial charge in [-0.15, -0.1) is 0 Å². The van der Waals surface area contributed by atoms with Crippen LogP contribution in [-0.4, -0.2) is 17.1 Å². The molecule has 0 saturated carbocycles. The maximum absolute atomic E-state index is 11.7. The molecule has 82 valence electrons. The average Bonchev–Trinajstić information content (AvgIpc) is 2.68. The number of aromatic nitrogens is 2. The number of ether oxygens (including phenoxy) is 1. The molecule has 2 rings (SSSR count). The van der Waals surface area contributed by atoms with E-state index in [9.17, 15) is 4.79 Å². The third-order valence-corrected chi connectivity index (χ3v) is 3.54. The smallest absolute Gasteiger partial charge is 0.255 e. The van der Waals surface area contributed by atoms with E-state index in [4.69, 9.17) is 4.74 Å². The number of aromatic amines is 1. The Bertz CT molecular complexity index is 412. The van der Waals surface area contributed by atoms with Crippen molar-refractivity contribution in [2.45, 2.75) is 31.0 Å². The molecule has 15 heavy (non-hydrogen) atoms. The van der Waals surface area contributed by atoms with Gasteiger partial charge in [0, 0.05) is 24.2 Å². The zero-order valence-electron chi connectivity index (χ0n) is 8.87. The number of nitrogens with one attached hydrogen (secondary N) is 1. The Labute approximate surface area is 92.5 Å². The predicted molar refractivity (Wildman–Crippen MR) is 59.9 cm³/mol. The predicted octanol–water partition coefficient (Wildman–Crippen LogP) is 1.61. The molecule has 0 amide bonds. The van der Waals surface area contributed by atoms with E-state index in [0.717, 1.165) is 29.2 Å². The quantitative estimate of drug-likeness (QED) is 0.850. The molecule has 1 unspecified atom stereocenters. The van der Waals surface area contributed by atoms with E-state index in [1.807, 2.05) is 6.92 Å². The molecule has 0 spiro atoms. The Morgan fingerprint density at radius 3 is 3.07 bits per heavy atom. The fraction of sp³-hybridized carbons (Fsp3) is 0.600. The second kappa shape index (κ2) is 4.37. The van der Waals surface area contributed by atoms with Crippen molar-refractivity contribution in [3.8, 4) is 0 Å². The second-order valence-corrected chi connectivity index (χ2v) is 4.49. The van der Waals surface area contributed by atoms with Gasteiger partial charge in [0.05, 0.1) is 5.69 Å². The fourth-order valence-corrected chi connectivity index (χ4v) is 2.74. The van der Waals surface area contributed by atoms with Crippen LogP contribution in [0.2, 0.25) is 0 Å². The molecule has 0 aliphatic carbocycles. The van der Waals surface area contributed by atoms with Crippen molar-refractivity contribution in [3.05, 3.63) is 27.4 Å². The third-order valence-electron chi connectivity index (χ3n) is 2.56. The normalized spacial score (nSPS) is 16.4. The summed E-state index contributed by atoms with van der Waals surface area (Å²) in [6, 6.07) is 0. The molecule has 4 nitrogen and oxygen atoms in total. The number of methoxy groups -OCH3 is 1. The van der Waals surface area contributed by atoms with Gasteiger partial charge < -0.3 is 9.72 Å². The van der Waals surface area contributed by atoms with Crippen LogP contribution in [0.1, 0.15) is 36.5 Å². The van der Waals surface area contributed by atoms with Crippen molar-refractivity contribution in [3.63, 3.8) is 0 Å². The molecule has 5 heteroatoms. The minimum Gasteiger partial charge on any atom is -0.374 e. The van der Waals surface area contributed by atoms with Gasteiger partial charge >= 0.3 is 0 Å². The molecule has 0 aromatic carbocycles. The van der Waals surface area contributed by atoms with E-state index in [2.05, 4.69) is 9.97 Å². The Morgan fingerprint density at radius 2 is 2.40 bits per heavy atom. The lowest BCUT2D eigenvalue weighted by Crippen LogP contribution is -2.19. The molecule has 0 fully saturated rings. The van der Waals surface area contributed by atoms with Gasteiger partial charge in [0.2, 0.25) is 0 Å². The molecule has 1 N–H and O–H groups in total. The molecule has 0 bridgehead atoms. The Morgan fingerprint density at radius 1 is 1.60 bits per heavy atom. The number of hydrogen-bond acceptors (Lipinski definition) is 4. The summed E-state index contributed by atoms with van der Waals surface area (Å²) in [7, 11) is 1.64. The first kappa shape index (κ1) is 10.7. The molecule has 1 aliphatic rings. The van der Waals surface area contributed by atoms with Crippen molar-refractivity contribution in [2.75, 3.05) is 7.11 Å². The van der Waals surface area contributed by atoms with Crippen LogP contribution in [0.4, 0.5) is 0 Å². The van der Waals surface area contributed by atoms with Crippen LogP contribution < -0.4 is 5.56 Å². The van der Waals surface area contributed by atoms with Gasteiger partial charge in [-0.1, -0.05) is 6.92 Å². The van der Waals surface area contributed by atoms with E-state index < -0.39 is 0 Å². The number of H-pyrrole nitrogens is 1. The molecule has 0 radical (unpaired) electrons. The zero-order valence-corrected chi connectivity index (χ0v) is 9.69. The minimum absolute atomic E-state index is 0.00417. The maximum atomic E-state index is 11.7. The topological polar surface area (TPSA) is 55.0 Å². The number of hydrogen-bond donors (Lipinski definition) is 1. The van der Waals surface area contributed by atoms with Gasteiger partial charge in [-0.25, -0.2) is 4.98 Å². The van der Waals surface area contributed by atoms with Crippen molar-refractivity contribution in [2.24, 2.45) is 0 Å². The van der Waals surface area contributed by atoms with Crippen LogP contribution in [0.15, 0.2) is 4.79 Å². The first-order valence-electron chi connectivity index (χ1n) is 4.98. The van der Waals surface area contributed by atoms with Gasteiger partial charge in [-0.2, -0.15) is 11.8 Å². The molecule has 2 heterocycles. The maximum Gasteiger partial charge on any atom is 0.255 e. The summed E-state index contributed by atoms with van der Waals surface area (Å²) in [5.74, 6) is 2.28. The van der Waals surface area contributed by atoms with Crippen LogP contribution in [0, 0.1) is 0 Å². The molecule has 0 saturated heterocycles. The highest BCUT2D eigenvalue weighted by Crippen LogP contribution is 2.26. The molecule has 1 aliphatic heterocycles. The number of rotatable bonds is 3. The Balaban J connectivity index is 2.43. The van der Waals surface area contributed by atoms with Gasteiger partial charge in [0.15, 0.2) is 0 Å². The van der Waals surface area contributed by atoms with Crippen molar-refractivity contribution in [1.29, 1.82) is 0 Å². The number of fused-ring (bicyclic) bond motifs is 1. The lowest BCUT2D eigenvalue weighted by molar-refractivity contribution is 0.0922. The summed E-state index contributed by atoms with van der Waals surface area (Å²) in [4.78, 5) is 19.0. The summed E-state index contributed by atoms with van der Waals surface area (Å²) < 4.78 is 5.26. The highest BCUT2D eigenvalue weighted by atomic mass is 32.2. The highest BCUT2D eigenvalue weighted by molar-refractivity contribution is 7.98. The minimum atomic E-state index is -0.103. The Hall–Kier alpha value is -0.810. The van der Waals surface area contributed by atoms with Crippen LogP contribution in [0.3, 0.4) is 0 Å². The second-order valence-electron chi connectivity index (χ2n) is 3.50. The van der Waals surface area contributed by atoms with E-state index in [-0.39, 0.29) is 11.7 Å². The van der Waals surface area contributed by atoms with E-state index in [0.29, 0.717) is 5.82 Å². The molecule has 1 aromatic heterocycles. The molecule has 1 aromatic rings. The lowest BCUT2D eigenvalue weighted by Gasteiger charge is -2.12. The summed E-state index contributed by atoms with van der Waals surface area (Å²) in [6.45, 7) is 2.01. The largest absolute Gasteiger partial charge is 0.374 e. The van der Waals surface area contributed by atoms with Crippen molar-refractivity contribution >= 4 is 11.8 Å². The van der Waals surface area contributed by atoms with Gasteiger partial charge in [0.1, 0.15) is 11.9 Å². The van der Waals surface area contributed by atoms with Gasteiger partial charge in [-0.05, 0) is 6.42 Å². The first-order chi connectivity index (χ1) is 7.26. The van der Waals surface area contributed by atoms with Crippen molar-refractivity contribution < 1.29 is 4.74 Å². The Kier molecular flexibility index (Phi) is 3.11. The lowest BCUT2D eigenvalue weighted by atomic mass is 10.2. The van der Waals surface area contributed by atoms with Crippen LogP contribution in [0.25, 0.3) is 0 Å². The standard InChI is InChI=1S/C10H14N2O2S/c1-3-8(14-2)9-11-7-5-15-4-6(7)10(13)12-9/h8H,3-5H2,1-2H3,(H,11,12,13). The molecule has 1 atom stereocenters. The summed E-state index contributed by atoms with van der Waals surface area (Å²) >= 11 is 1.73. The third kappa shape index (κ3) is 1.94. The van der Waals surface area contributed by atoms with Crippen LogP contribution in [-0.2, 0) is 16.2 Å². The average molecular weight is 226 g/mol. The van der Waals surface area contributed by atoms with E-state index in [1.165, 1.54) is 0 Å². The summed E-state index contributed by atoms with van der Waals surface area (Å²) in [5.41, 5.74) is 1.75. The van der Waals surface area contributed by atoms with Gasteiger partial charge in [0.25, 0.3) is 5.56 Å². The van der Waals surface area contributed by atoms with Crippen LogP contribution >= 0.6 is 11.8 Å². The van der Waals surface area contributed by atoms with E-state index in [1.54, 1.807) is 18.9 Å².